The van der Waals surface area contributed by atoms with Crippen molar-refractivity contribution in [1.29, 1.82) is 0 Å². The Morgan fingerprint density at radius 1 is 1.35 bits per heavy atom. The number of aromatic nitrogens is 2. The second kappa shape index (κ2) is 6.96. The monoisotopic (exact) mass is 312 g/mol. The Morgan fingerprint density at radius 3 is 2.83 bits per heavy atom. The molecule has 1 aliphatic rings. The van der Waals surface area contributed by atoms with Crippen LogP contribution in [-0.4, -0.2) is 21.7 Å². The quantitative estimate of drug-likeness (QED) is 0.892. The Labute approximate surface area is 137 Å². The molecule has 2 atom stereocenters. The molecule has 0 saturated carbocycles. The number of carbonyl (C=O) groups excluding carboxylic acids is 1. The second-order valence-electron chi connectivity index (χ2n) is 6.40. The largest absolute Gasteiger partial charge is 0.348 e. The van der Waals surface area contributed by atoms with Crippen LogP contribution in [0, 0.1) is 0 Å². The molecule has 0 unspecified atom stereocenters. The van der Waals surface area contributed by atoms with E-state index < -0.39 is 0 Å². The van der Waals surface area contributed by atoms with Crippen molar-refractivity contribution >= 4 is 5.91 Å². The Balaban J connectivity index is 1.68. The first-order valence-corrected chi connectivity index (χ1v) is 8.24. The van der Waals surface area contributed by atoms with E-state index in [4.69, 9.17) is 0 Å². The van der Waals surface area contributed by atoms with Crippen LogP contribution in [0.2, 0.25) is 0 Å². The summed E-state index contributed by atoms with van der Waals surface area (Å²) in [5.74, 6) is 0.129. The number of benzene rings is 1. The van der Waals surface area contributed by atoms with Crippen molar-refractivity contribution in [3.63, 3.8) is 0 Å². The average Bonchev–Trinajstić information content (AvgIpc) is 3.04. The molecule has 1 aromatic heterocycles. The maximum atomic E-state index is 11.8. The van der Waals surface area contributed by atoms with Crippen LogP contribution in [-0.2, 0) is 11.3 Å². The molecule has 2 heterocycles. The molecular weight excluding hydrogens is 288 g/mol. The minimum absolute atomic E-state index is 0.0255. The topological polar surface area (TPSA) is 59.0 Å². The fourth-order valence-corrected chi connectivity index (χ4v) is 3.00. The van der Waals surface area contributed by atoms with Gasteiger partial charge in [0.05, 0.1) is 12.2 Å². The van der Waals surface area contributed by atoms with Gasteiger partial charge in [-0.15, -0.1) is 0 Å². The molecule has 0 radical (unpaired) electrons. The summed E-state index contributed by atoms with van der Waals surface area (Å²) in [7, 11) is 0. The molecule has 5 nitrogen and oxygen atoms in total. The fourth-order valence-electron chi connectivity index (χ4n) is 3.00. The summed E-state index contributed by atoms with van der Waals surface area (Å²) in [5.41, 5.74) is 2.32. The smallest absolute Gasteiger partial charge is 0.220 e. The molecular formula is C18H24N4O. The second-order valence-corrected chi connectivity index (χ2v) is 6.40. The van der Waals surface area contributed by atoms with Crippen LogP contribution in [0.5, 0.6) is 0 Å². The molecule has 2 N–H and O–H groups in total. The van der Waals surface area contributed by atoms with Crippen molar-refractivity contribution in [2.24, 2.45) is 0 Å². The standard InChI is InChI=1S/C18H24N4O/c1-13(2)22-12-14(11-20-22)10-19-16-8-9-17(23)21-18(16)15-6-4-3-5-7-15/h3-7,11-13,16,18-19H,8-10H2,1-2H3,(H,21,23)/t16-,18+/m1/s1. The molecule has 1 aliphatic heterocycles. The Hall–Kier alpha value is -2.14. The van der Waals surface area contributed by atoms with Gasteiger partial charge < -0.3 is 10.6 Å². The number of piperidine rings is 1. The summed E-state index contributed by atoms with van der Waals surface area (Å²) < 4.78 is 1.97. The Kier molecular flexibility index (Phi) is 4.76. The molecule has 1 fully saturated rings. The van der Waals surface area contributed by atoms with Gasteiger partial charge in [0.15, 0.2) is 0 Å². The molecule has 2 aromatic rings. The molecule has 3 rings (SSSR count). The minimum atomic E-state index is 0.0255. The maximum Gasteiger partial charge on any atom is 0.220 e. The van der Waals surface area contributed by atoms with E-state index in [1.807, 2.05) is 29.1 Å². The van der Waals surface area contributed by atoms with Crippen molar-refractivity contribution in [3.05, 3.63) is 53.9 Å². The zero-order chi connectivity index (χ0) is 16.2. The van der Waals surface area contributed by atoms with Crippen molar-refractivity contribution < 1.29 is 4.79 Å². The van der Waals surface area contributed by atoms with Gasteiger partial charge in [-0.3, -0.25) is 9.48 Å². The lowest BCUT2D eigenvalue weighted by molar-refractivity contribution is -0.123. The third-order valence-corrected chi connectivity index (χ3v) is 4.31. The molecule has 0 bridgehead atoms. The highest BCUT2D eigenvalue weighted by Crippen LogP contribution is 2.24. The van der Waals surface area contributed by atoms with Crippen LogP contribution in [0.3, 0.4) is 0 Å². The average molecular weight is 312 g/mol. The summed E-state index contributed by atoms with van der Waals surface area (Å²) in [6.45, 7) is 5.00. The van der Waals surface area contributed by atoms with Gasteiger partial charge in [0.1, 0.15) is 0 Å². The Morgan fingerprint density at radius 2 is 2.13 bits per heavy atom. The van der Waals surface area contributed by atoms with Crippen LogP contribution < -0.4 is 10.6 Å². The van der Waals surface area contributed by atoms with Crippen LogP contribution in [0.25, 0.3) is 0 Å². The van der Waals surface area contributed by atoms with E-state index in [2.05, 4.69) is 47.9 Å². The van der Waals surface area contributed by atoms with Crippen LogP contribution in [0.4, 0.5) is 0 Å². The summed E-state index contributed by atoms with van der Waals surface area (Å²) >= 11 is 0. The lowest BCUT2D eigenvalue weighted by Gasteiger charge is -2.33. The van der Waals surface area contributed by atoms with Gasteiger partial charge in [0, 0.05) is 36.8 Å². The van der Waals surface area contributed by atoms with Crippen LogP contribution in [0.1, 0.15) is 49.9 Å². The lowest BCUT2D eigenvalue weighted by atomic mass is 9.92. The van der Waals surface area contributed by atoms with Gasteiger partial charge in [0.25, 0.3) is 0 Å². The summed E-state index contributed by atoms with van der Waals surface area (Å²) in [6.07, 6.45) is 5.42. The Bertz CT molecular complexity index is 650. The van der Waals surface area contributed by atoms with Gasteiger partial charge in [-0.1, -0.05) is 30.3 Å². The van der Waals surface area contributed by atoms with Crippen LogP contribution in [0.15, 0.2) is 42.7 Å². The zero-order valence-corrected chi connectivity index (χ0v) is 13.7. The van der Waals surface area contributed by atoms with E-state index in [1.165, 1.54) is 5.56 Å². The number of carbonyl (C=O) groups is 1. The number of nitrogens with zero attached hydrogens (tertiary/aromatic N) is 2. The van der Waals surface area contributed by atoms with E-state index in [9.17, 15) is 4.79 Å². The molecule has 122 valence electrons. The van der Waals surface area contributed by atoms with Crippen molar-refractivity contribution in [2.75, 3.05) is 0 Å². The lowest BCUT2D eigenvalue weighted by Crippen LogP contribution is -2.48. The molecule has 0 spiro atoms. The van der Waals surface area contributed by atoms with E-state index in [0.29, 0.717) is 12.5 Å². The number of hydrogen-bond donors (Lipinski definition) is 2. The minimum Gasteiger partial charge on any atom is -0.348 e. The van der Waals surface area contributed by atoms with E-state index in [1.54, 1.807) is 0 Å². The van der Waals surface area contributed by atoms with Gasteiger partial charge >= 0.3 is 0 Å². The molecule has 23 heavy (non-hydrogen) atoms. The third-order valence-electron chi connectivity index (χ3n) is 4.31. The highest BCUT2D eigenvalue weighted by molar-refractivity contribution is 5.77. The van der Waals surface area contributed by atoms with E-state index in [0.717, 1.165) is 18.5 Å². The first-order valence-electron chi connectivity index (χ1n) is 8.24. The molecule has 0 aliphatic carbocycles. The summed E-state index contributed by atoms with van der Waals surface area (Å²) in [5, 5.41) is 11.1. The molecule has 5 heteroatoms. The zero-order valence-electron chi connectivity index (χ0n) is 13.7. The maximum absolute atomic E-state index is 11.8. The molecule has 1 saturated heterocycles. The molecule has 1 aromatic carbocycles. The fraction of sp³-hybridized carbons (Fsp3) is 0.444. The van der Waals surface area contributed by atoms with Crippen molar-refractivity contribution in [3.8, 4) is 0 Å². The highest BCUT2D eigenvalue weighted by atomic mass is 16.1. The summed E-state index contributed by atoms with van der Waals surface area (Å²) in [6, 6.07) is 10.8. The molecule has 1 amide bonds. The van der Waals surface area contributed by atoms with Crippen molar-refractivity contribution in [2.45, 2.75) is 51.4 Å². The number of hydrogen-bond acceptors (Lipinski definition) is 3. The van der Waals surface area contributed by atoms with Gasteiger partial charge in [-0.05, 0) is 25.8 Å². The van der Waals surface area contributed by atoms with Crippen LogP contribution >= 0.6 is 0 Å². The van der Waals surface area contributed by atoms with Gasteiger partial charge in [-0.25, -0.2) is 0 Å². The van der Waals surface area contributed by atoms with Gasteiger partial charge in [-0.2, -0.15) is 5.10 Å². The first-order chi connectivity index (χ1) is 11.1. The normalized spacial score (nSPS) is 21.4. The number of nitrogens with one attached hydrogen (secondary N) is 2. The van der Waals surface area contributed by atoms with E-state index in [-0.39, 0.29) is 18.0 Å². The highest BCUT2D eigenvalue weighted by Gasteiger charge is 2.29. The first kappa shape index (κ1) is 15.7. The third kappa shape index (κ3) is 3.79. The van der Waals surface area contributed by atoms with E-state index >= 15 is 0 Å². The SMILES string of the molecule is CC(C)n1cc(CN[C@@H]2CCC(=O)N[C@H]2c2ccccc2)cn1. The number of amides is 1. The predicted octanol–water partition coefficient (Wildman–Crippen LogP) is 2.57. The number of rotatable bonds is 5. The van der Waals surface area contributed by atoms with Crippen molar-refractivity contribution in [1.82, 2.24) is 20.4 Å². The predicted molar refractivity (Wildman–Crippen MR) is 89.8 cm³/mol. The van der Waals surface area contributed by atoms with Gasteiger partial charge in [0.2, 0.25) is 5.91 Å². The summed E-state index contributed by atoms with van der Waals surface area (Å²) in [4.78, 5) is 11.8.